The Morgan fingerprint density at radius 1 is 1.44 bits per heavy atom. The molecule has 1 atom stereocenters. The fourth-order valence-corrected chi connectivity index (χ4v) is 2.18. The van der Waals surface area contributed by atoms with E-state index in [2.05, 4.69) is 5.32 Å². The zero-order chi connectivity index (χ0) is 13.8. The summed E-state index contributed by atoms with van der Waals surface area (Å²) < 4.78 is 38.4. The number of hydrogen-bond acceptors (Lipinski definition) is 2. The molecule has 1 aromatic rings. The minimum absolute atomic E-state index is 0.0539. The SMILES string of the molecule is CSCC(NC(=O)O)c1ccccc1C(F)(F)F. The highest BCUT2D eigenvalue weighted by Crippen LogP contribution is 2.35. The molecular weight excluding hydrogens is 267 g/mol. The quantitative estimate of drug-likeness (QED) is 0.888. The van der Waals surface area contributed by atoms with Gasteiger partial charge in [0.05, 0.1) is 11.6 Å². The Bertz CT molecular complexity index is 423. The first kappa shape index (κ1) is 14.7. The van der Waals surface area contributed by atoms with E-state index in [9.17, 15) is 18.0 Å². The van der Waals surface area contributed by atoms with E-state index in [1.807, 2.05) is 0 Å². The van der Waals surface area contributed by atoms with Gasteiger partial charge in [-0.15, -0.1) is 0 Å². The van der Waals surface area contributed by atoms with E-state index in [-0.39, 0.29) is 11.3 Å². The Balaban J connectivity index is 3.15. The van der Waals surface area contributed by atoms with Crippen molar-refractivity contribution in [2.75, 3.05) is 12.0 Å². The van der Waals surface area contributed by atoms with E-state index in [1.54, 1.807) is 6.26 Å². The number of amides is 1. The maximum Gasteiger partial charge on any atom is 0.416 e. The Morgan fingerprint density at radius 3 is 2.56 bits per heavy atom. The molecule has 0 aliphatic heterocycles. The van der Waals surface area contributed by atoms with E-state index in [0.717, 1.165) is 6.07 Å². The zero-order valence-electron chi connectivity index (χ0n) is 9.49. The number of hydrogen-bond donors (Lipinski definition) is 2. The van der Waals surface area contributed by atoms with Crippen LogP contribution in [0.25, 0.3) is 0 Å². The van der Waals surface area contributed by atoms with Gasteiger partial charge in [0.25, 0.3) is 0 Å². The highest BCUT2D eigenvalue weighted by molar-refractivity contribution is 7.98. The molecule has 0 aliphatic rings. The van der Waals surface area contributed by atoms with Crippen LogP contribution >= 0.6 is 11.8 Å². The maximum absolute atomic E-state index is 12.8. The predicted octanol–water partition coefficient (Wildman–Crippen LogP) is 3.38. The minimum Gasteiger partial charge on any atom is -0.465 e. The highest BCUT2D eigenvalue weighted by Gasteiger charge is 2.35. The smallest absolute Gasteiger partial charge is 0.416 e. The molecule has 1 rings (SSSR count). The molecule has 0 radical (unpaired) electrons. The lowest BCUT2D eigenvalue weighted by molar-refractivity contribution is -0.138. The molecule has 7 heteroatoms. The van der Waals surface area contributed by atoms with Crippen LogP contribution in [0.2, 0.25) is 0 Å². The Labute approximate surface area is 106 Å². The summed E-state index contributed by atoms with van der Waals surface area (Å²) in [5.74, 6) is 0.236. The number of rotatable bonds is 4. The molecule has 2 N–H and O–H groups in total. The Kier molecular flexibility index (Phi) is 4.89. The van der Waals surface area contributed by atoms with Gasteiger partial charge >= 0.3 is 12.3 Å². The first-order valence-corrected chi connectivity index (χ1v) is 6.40. The van der Waals surface area contributed by atoms with Crippen molar-refractivity contribution in [2.45, 2.75) is 12.2 Å². The molecule has 100 valence electrons. The standard InChI is InChI=1S/C11H12F3NO2S/c1-18-6-9(15-10(16)17)7-4-2-3-5-8(7)11(12,13)14/h2-5,9,15H,6H2,1H3,(H,16,17). The largest absolute Gasteiger partial charge is 0.465 e. The van der Waals surface area contributed by atoms with Crippen molar-refractivity contribution in [1.29, 1.82) is 0 Å². The molecule has 1 aromatic carbocycles. The first-order valence-electron chi connectivity index (χ1n) is 5.00. The van der Waals surface area contributed by atoms with Crippen molar-refractivity contribution in [1.82, 2.24) is 5.32 Å². The number of thioether (sulfide) groups is 1. The number of carbonyl (C=O) groups is 1. The van der Waals surface area contributed by atoms with Gasteiger partial charge < -0.3 is 10.4 Å². The topological polar surface area (TPSA) is 49.3 Å². The second kappa shape index (κ2) is 5.99. The number of benzene rings is 1. The van der Waals surface area contributed by atoms with Gasteiger partial charge in [-0.1, -0.05) is 18.2 Å². The van der Waals surface area contributed by atoms with Crippen LogP contribution in [0, 0.1) is 0 Å². The molecule has 0 heterocycles. The van der Waals surface area contributed by atoms with Crippen molar-refractivity contribution >= 4 is 17.9 Å². The van der Waals surface area contributed by atoms with E-state index in [1.165, 1.54) is 30.0 Å². The van der Waals surface area contributed by atoms with Crippen molar-refractivity contribution in [3.8, 4) is 0 Å². The molecule has 0 saturated heterocycles. The molecule has 1 amide bonds. The Morgan fingerprint density at radius 2 is 2.06 bits per heavy atom. The monoisotopic (exact) mass is 279 g/mol. The average Bonchev–Trinajstić information content (AvgIpc) is 2.27. The van der Waals surface area contributed by atoms with E-state index in [4.69, 9.17) is 5.11 Å². The van der Waals surface area contributed by atoms with Gasteiger partial charge in [-0.2, -0.15) is 24.9 Å². The highest BCUT2D eigenvalue weighted by atomic mass is 32.2. The molecule has 0 bridgehead atoms. The molecule has 0 aliphatic carbocycles. The third-order valence-corrected chi connectivity index (χ3v) is 2.94. The lowest BCUT2D eigenvalue weighted by Crippen LogP contribution is -2.30. The summed E-state index contributed by atoms with van der Waals surface area (Å²) in [6.45, 7) is 0. The van der Waals surface area contributed by atoms with E-state index >= 15 is 0 Å². The first-order chi connectivity index (χ1) is 8.36. The summed E-state index contributed by atoms with van der Waals surface area (Å²) in [7, 11) is 0. The van der Waals surface area contributed by atoms with E-state index < -0.39 is 23.9 Å². The van der Waals surface area contributed by atoms with Crippen molar-refractivity contribution < 1.29 is 23.1 Å². The molecule has 0 fully saturated rings. The third-order valence-electron chi connectivity index (χ3n) is 2.27. The van der Waals surface area contributed by atoms with Gasteiger partial charge in [-0.05, 0) is 17.9 Å². The summed E-state index contributed by atoms with van der Waals surface area (Å²) in [5, 5.41) is 10.8. The molecule has 18 heavy (non-hydrogen) atoms. The summed E-state index contributed by atoms with van der Waals surface area (Å²) in [6.07, 6.45) is -4.13. The minimum atomic E-state index is -4.49. The van der Waals surface area contributed by atoms with Crippen LogP contribution in [-0.2, 0) is 6.18 Å². The third kappa shape index (κ3) is 3.83. The van der Waals surface area contributed by atoms with Crippen LogP contribution in [0.15, 0.2) is 24.3 Å². The fraction of sp³-hybridized carbons (Fsp3) is 0.364. The van der Waals surface area contributed by atoms with Gasteiger partial charge in [0, 0.05) is 5.75 Å². The van der Waals surface area contributed by atoms with Crippen LogP contribution < -0.4 is 5.32 Å². The van der Waals surface area contributed by atoms with Crippen LogP contribution in [0.3, 0.4) is 0 Å². The number of alkyl halides is 3. The average molecular weight is 279 g/mol. The van der Waals surface area contributed by atoms with Gasteiger partial charge in [0.1, 0.15) is 0 Å². The van der Waals surface area contributed by atoms with E-state index in [0.29, 0.717) is 0 Å². The number of nitrogens with one attached hydrogen (secondary N) is 1. The summed E-state index contributed by atoms with van der Waals surface area (Å²) in [6, 6.07) is 4.10. The van der Waals surface area contributed by atoms with Crippen LogP contribution in [0.4, 0.5) is 18.0 Å². The summed E-state index contributed by atoms with van der Waals surface area (Å²) in [4.78, 5) is 10.6. The lowest BCUT2D eigenvalue weighted by Gasteiger charge is -2.20. The predicted molar refractivity (Wildman–Crippen MR) is 63.7 cm³/mol. The second-order valence-electron chi connectivity index (χ2n) is 3.54. The summed E-state index contributed by atoms with van der Waals surface area (Å²) in [5.41, 5.74) is -0.862. The fourth-order valence-electron chi connectivity index (χ4n) is 1.58. The zero-order valence-corrected chi connectivity index (χ0v) is 10.3. The molecule has 1 unspecified atom stereocenters. The van der Waals surface area contributed by atoms with Crippen molar-refractivity contribution in [3.05, 3.63) is 35.4 Å². The molecule has 0 saturated carbocycles. The normalized spacial score (nSPS) is 13.1. The van der Waals surface area contributed by atoms with Gasteiger partial charge in [-0.25, -0.2) is 4.79 Å². The van der Waals surface area contributed by atoms with Crippen molar-refractivity contribution in [3.63, 3.8) is 0 Å². The Hall–Kier alpha value is -1.37. The van der Waals surface area contributed by atoms with Gasteiger partial charge in [0.15, 0.2) is 0 Å². The molecule has 0 aromatic heterocycles. The number of carboxylic acid groups (broad SMARTS) is 1. The van der Waals surface area contributed by atoms with Crippen LogP contribution in [0.5, 0.6) is 0 Å². The second-order valence-corrected chi connectivity index (χ2v) is 4.45. The molecule has 3 nitrogen and oxygen atoms in total. The number of halogens is 3. The van der Waals surface area contributed by atoms with Gasteiger partial charge in [0.2, 0.25) is 0 Å². The van der Waals surface area contributed by atoms with Gasteiger partial charge in [-0.3, -0.25) is 0 Å². The maximum atomic E-state index is 12.8. The molecule has 0 spiro atoms. The summed E-state index contributed by atoms with van der Waals surface area (Å²) >= 11 is 1.27. The molecular formula is C11H12F3NO2S. The van der Waals surface area contributed by atoms with Crippen LogP contribution in [0.1, 0.15) is 17.2 Å². The van der Waals surface area contributed by atoms with Crippen LogP contribution in [-0.4, -0.2) is 23.2 Å². The lowest BCUT2D eigenvalue weighted by atomic mass is 10.0. The van der Waals surface area contributed by atoms with Crippen molar-refractivity contribution in [2.24, 2.45) is 0 Å².